The van der Waals surface area contributed by atoms with Crippen LogP contribution in [0.2, 0.25) is 0 Å². The molecule has 2 atom stereocenters. The van der Waals surface area contributed by atoms with Crippen molar-refractivity contribution in [1.29, 1.82) is 5.26 Å². The molecule has 0 spiro atoms. The minimum absolute atomic E-state index is 0.0471. The fourth-order valence-electron chi connectivity index (χ4n) is 4.13. The lowest BCUT2D eigenvalue weighted by Crippen LogP contribution is -2.51. The van der Waals surface area contributed by atoms with Gasteiger partial charge in [0.1, 0.15) is 0 Å². The van der Waals surface area contributed by atoms with E-state index in [1.165, 1.54) is 0 Å². The summed E-state index contributed by atoms with van der Waals surface area (Å²) in [5.74, 6) is 0.585. The zero-order valence-electron chi connectivity index (χ0n) is 15.5. The quantitative estimate of drug-likeness (QED) is 0.801. The first-order valence-electron chi connectivity index (χ1n) is 8.85. The molecule has 2 fully saturated rings. The van der Waals surface area contributed by atoms with Gasteiger partial charge in [-0.1, -0.05) is 41.5 Å². The van der Waals surface area contributed by atoms with Gasteiger partial charge in [0, 0.05) is 5.92 Å². The predicted molar refractivity (Wildman–Crippen MR) is 89.4 cm³/mol. The summed E-state index contributed by atoms with van der Waals surface area (Å²) in [5.41, 5.74) is 0.0941. The zero-order valence-corrected chi connectivity index (χ0v) is 15.5. The third-order valence-corrected chi connectivity index (χ3v) is 5.65. The van der Waals surface area contributed by atoms with E-state index in [9.17, 15) is 5.11 Å². The Hall–Kier alpha value is -0.630. The van der Waals surface area contributed by atoms with Crippen LogP contribution in [-0.4, -0.2) is 30.7 Å². The molecule has 0 aromatic rings. The van der Waals surface area contributed by atoms with Crippen molar-refractivity contribution in [3.63, 3.8) is 0 Å². The van der Waals surface area contributed by atoms with E-state index in [-0.39, 0.29) is 46.9 Å². The number of nitrogens with zero attached hydrogens (tertiary/aromatic N) is 1. The lowest BCUT2D eigenvalue weighted by atomic mass is 9.58. The molecule has 2 unspecified atom stereocenters. The maximum atomic E-state index is 11.0. The minimum Gasteiger partial charge on any atom is -0.393 e. The maximum absolute atomic E-state index is 11.0. The summed E-state index contributed by atoms with van der Waals surface area (Å²) in [4.78, 5) is 0. The Labute approximate surface area is 141 Å². The van der Waals surface area contributed by atoms with Crippen molar-refractivity contribution >= 4 is 0 Å². The van der Waals surface area contributed by atoms with Crippen LogP contribution in [0.3, 0.4) is 0 Å². The topological polar surface area (TPSA) is 62.5 Å². The molecule has 1 saturated carbocycles. The number of nitriles is 1. The van der Waals surface area contributed by atoms with Crippen molar-refractivity contribution in [3.8, 4) is 6.07 Å². The number of aliphatic hydroxyl groups is 1. The molecule has 23 heavy (non-hydrogen) atoms. The highest BCUT2D eigenvalue weighted by Gasteiger charge is 2.48. The average Bonchev–Trinajstić information content (AvgIpc) is 2.45. The third kappa shape index (κ3) is 4.26. The summed E-state index contributed by atoms with van der Waals surface area (Å²) in [6.07, 6.45) is 1.31. The van der Waals surface area contributed by atoms with E-state index in [1.54, 1.807) is 0 Å². The van der Waals surface area contributed by atoms with Crippen molar-refractivity contribution in [2.45, 2.75) is 66.8 Å². The molecule has 1 N–H and O–H groups in total. The van der Waals surface area contributed by atoms with Gasteiger partial charge < -0.3 is 14.6 Å². The molecular formula is C19H33NO3. The van der Waals surface area contributed by atoms with E-state index in [4.69, 9.17) is 14.7 Å². The van der Waals surface area contributed by atoms with Crippen LogP contribution in [0.1, 0.15) is 54.4 Å². The first-order valence-corrected chi connectivity index (χ1v) is 8.85. The van der Waals surface area contributed by atoms with Crippen LogP contribution in [0.4, 0.5) is 0 Å². The summed E-state index contributed by atoms with van der Waals surface area (Å²) < 4.78 is 11.7. The zero-order chi connectivity index (χ0) is 17.4. The summed E-state index contributed by atoms with van der Waals surface area (Å²) in [6.45, 7) is 14.2. The van der Waals surface area contributed by atoms with Crippen molar-refractivity contribution in [2.75, 3.05) is 13.2 Å². The lowest BCUT2D eigenvalue weighted by molar-refractivity contribution is -0.236. The molecule has 132 valence electrons. The van der Waals surface area contributed by atoms with Crippen molar-refractivity contribution in [2.24, 2.45) is 34.5 Å². The van der Waals surface area contributed by atoms with Gasteiger partial charge in [-0.05, 0) is 35.5 Å². The molecule has 2 rings (SSSR count). The number of hydrogen-bond donors (Lipinski definition) is 1. The molecule has 0 aromatic heterocycles. The van der Waals surface area contributed by atoms with Gasteiger partial charge in [-0.25, -0.2) is 0 Å². The molecule has 4 heteroatoms. The van der Waals surface area contributed by atoms with Gasteiger partial charge in [-0.3, -0.25) is 0 Å². The van der Waals surface area contributed by atoms with Crippen LogP contribution in [-0.2, 0) is 9.47 Å². The second-order valence-electron chi connectivity index (χ2n) is 9.53. The van der Waals surface area contributed by atoms with E-state index in [2.05, 4.69) is 47.6 Å². The second kappa shape index (κ2) is 6.70. The van der Waals surface area contributed by atoms with Gasteiger partial charge in [-0.15, -0.1) is 0 Å². The minimum atomic E-state index is -0.290. The van der Waals surface area contributed by atoms with Crippen molar-refractivity contribution in [1.82, 2.24) is 0 Å². The molecule has 0 radical (unpaired) electrons. The average molecular weight is 323 g/mol. The summed E-state index contributed by atoms with van der Waals surface area (Å²) in [5, 5.41) is 19.9. The van der Waals surface area contributed by atoms with Crippen LogP contribution in [0.5, 0.6) is 0 Å². The smallest absolute Gasteiger partial charge is 0.160 e. The Bertz CT molecular complexity index is 411. The van der Waals surface area contributed by atoms with Crippen LogP contribution in [0.25, 0.3) is 0 Å². The third-order valence-electron chi connectivity index (χ3n) is 5.65. The Balaban J connectivity index is 2.16. The van der Waals surface area contributed by atoms with E-state index in [0.29, 0.717) is 13.2 Å². The molecular weight excluding hydrogens is 290 g/mol. The van der Waals surface area contributed by atoms with Crippen LogP contribution in [0, 0.1) is 45.8 Å². The second-order valence-corrected chi connectivity index (χ2v) is 9.53. The number of rotatable bonds is 1. The molecule has 1 aliphatic heterocycles. The summed E-state index contributed by atoms with van der Waals surface area (Å²) in [6, 6.07) is 2.21. The van der Waals surface area contributed by atoms with Gasteiger partial charge in [0.05, 0.1) is 31.3 Å². The first-order chi connectivity index (χ1) is 10.5. The Kier molecular flexibility index (Phi) is 5.45. The number of hydrogen-bond acceptors (Lipinski definition) is 4. The maximum Gasteiger partial charge on any atom is 0.160 e. The monoisotopic (exact) mass is 323 g/mol. The van der Waals surface area contributed by atoms with E-state index >= 15 is 0 Å². The standard InChI is InChI=1S/C19H33NO3/c1-18(2,3)14-7-13(8-15(16(14)21)19(4,5)6)17-22-10-12(9-20)11-23-17/h12-17,21H,7-8,10-11H2,1-6H3. The van der Waals surface area contributed by atoms with Gasteiger partial charge in [-0.2, -0.15) is 5.26 Å². The molecule has 2 aliphatic rings. The molecule has 1 heterocycles. The molecule has 0 bridgehead atoms. The predicted octanol–water partition coefficient (Wildman–Crippen LogP) is 3.59. The van der Waals surface area contributed by atoms with Crippen LogP contribution in [0.15, 0.2) is 0 Å². The van der Waals surface area contributed by atoms with Gasteiger partial charge in [0.2, 0.25) is 0 Å². The molecule has 0 amide bonds. The van der Waals surface area contributed by atoms with E-state index in [1.807, 2.05) is 0 Å². The highest BCUT2D eigenvalue weighted by Crippen LogP contribution is 2.49. The lowest BCUT2D eigenvalue weighted by Gasteiger charge is -2.50. The Morgan fingerprint density at radius 1 is 0.913 bits per heavy atom. The van der Waals surface area contributed by atoms with Gasteiger partial charge >= 0.3 is 0 Å². The fraction of sp³-hybridized carbons (Fsp3) is 0.947. The van der Waals surface area contributed by atoms with E-state index < -0.39 is 0 Å². The first kappa shape index (κ1) is 18.7. The largest absolute Gasteiger partial charge is 0.393 e. The SMILES string of the molecule is CC(C)(C)C1CC(C2OCC(C#N)CO2)CC(C(C)(C)C)C1O. The summed E-state index contributed by atoms with van der Waals surface area (Å²) >= 11 is 0. The van der Waals surface area contributed by atoms with Gasteiger partial charge in [0.25, 0.3) is 0 Å². The number of ether oxygens (including phenoxy) is 2. The molecule has 1 aliphatic carbocycles. The summed E-state index contributed by atoms with van der Waals surface area (Å²) in [7, 11) is 0. The van der Waals surface area contributed by atoms with Crippen LogP contribution < -0.4 is 0 Å². The molecule has 4 nitrogen and oxygen atoms in total. The van der Waals surface area contributed by atoms with Crippen LogP contribution >= 0.6 is 0 Å². The Morgan fingerprint density at radius 2 is 1.35 bits per heavy atom. The highest BCUT2D eigenvalue weighted by atomic mass is 16.7. The Morgan fingerprint density at radius 3 is 1.70 bits per heavy atom. The van der Waals surface area contributed by atoms with E-state index in [0.717, 1.165) is 12.8 Å². The van der Waals surface area contributed by atoms with Crippen molar-refractivity contribution < 1.29 is 14.6 Å². The van der Waals surface area contributed by atoms with Crippen molar-refractivity contribution in [3.05, 3.63) is 0 Å². The normalized spacial score (nSPS) is 39.7. The highest BCUT2D eigenvalue weighted by molar-refractivity contribution is 4.97. The molecule has 0 aromatic carbocycles. The fourth-order valence-corrected chi connectivity index (χ4v) is 4.13. The molecule has 1 saturated heterocycles. The number of aliphatic hydroxyl groups excluding tert-OH is 1. The van der Waals surface area contributed by atoms with Gasteiger partial charge in [0.15, 0.2) is 6.29 Å².